The van der Waals surface area contributed by atoms with Gasteiger partial charge in [0.05, 0.1) is 18.6 Å². The highest BCUT2D eigenvalue weighted by molar-refractivity contribution is 7.93. The summed E-state index contributed by atoms with van der Waals surface area (Å²) >= 11 is 0. The Hall–Kier alpha value is -1.45. The number of sulfonamides is 1. The van der Waals surface area contributed by atoms with Gasteiger partial charge in [-0.25, -0.2) is 21.6 Å². The fraction of sp³-hybridized carbons (Fsp3) is 0.462. The van der Waals surface area contributed by atoms with E-state index in [1.807, 2.05) is 6.92 Å². The lowest BCUT2D eigenvalue weighted by molar-refractivity contribution is -0.142. The van der Waals surface area contributed by atoms with E-state index in [-0.39, 0.29) is 0 Å². The molecule has 1 unspecified atom stereocenters. The first-order chi connectivity index (χ1) is 10.0. The lowest BCUT2D eigenvalue weighted by Crippen LogP contribution is -2.37. The molecule has 9 heteroatoms. The lowest BCUT2D eigenvalue weighted by Gasteiger charge is -2.17. The highest BCUT2D eigenvalue weighted by Gasteiger charge is 2.27. The SMILES string of the molecule is COC(=O)C(NS(=O)(=O)CCS(C)(=O)=O)c1ccc(C)cc1. The number of carbonyl (C=O) groups is 1. The highest BCUT2D eigenvalue weighted by atomic mass is 32.2. The van der Waals surface area contributed by atoms with Crippen LogP contribution in [0.4, 0.5) is 0 Å². The topological polar surface area (TPSA) is 107 Å². The first kappa shape index (κ1) is 18.6. The second-order valence-corrected chi connectivity index (χ2v) is 9.07. The summed E-state index contributed by atoms with van der Waals surface area (Å²) in [7, 11) is -6.23. The van der Waals surface area contributed by atoms with E-state index in [4.69, 9.17) is 0 Å². The van der Waals surface area contributed by atoms with E-state index in [0.29, 0.717) is 5.56 Å². The molecule has 0 spiro atoms. The number of benzene rings is 1. The van der Waals surface area contributed by atoms with Crippen LogP contribution >= 0.6 is 0 Å². The minimum atomic E-state index is -3.96. The number of rotatable bonds is 7. The summed E-state index contributed by atoms with van der Waals surface area (Å²) in [6.45, 7) is 1.85. The summed E-state index contributed by atoms with van der Waals surface area (Å²) < 4.78 is 52.9. The summed E-state index contributed by atoms with van der Waals surface area (Å²) in [5.74, 6) is -1.92. The van der Waals surface area contributed by atoms with Gasteiger partial charge in [0.2, 0.25) is 10.0 Å². The molecule has 1 N–H and O–H groups in total. The molecule has 0 fully saturated rings. The minimum absolute atomic E-state index is 0.417. The van der Waals surface area contributed by atoms with Crippen molar-refractivity contribution in [3.8, 4) is 0 Å². The van der Waals surface area contributed by atoms with Crippen LogP contribution in [0.3, 0.4) is 0 Å². The number of methoxy groups -OCH3 is 1. The Morgan fingerprint density at radius 1 is 1.14 bits per heavy atom. The van der Waals surface area contributed by atoms with Crippen LogP contribution < -0.4 is 4.72 Å². The quantitative estimate of drug-likeness (QED) is 0.704. The third kappa shape index (κ3) is 6.12. The van der Waals surface area contributed by atoms with Gasteiger partial charge in [-0.15, -0.1) is 0 Å². The molecule has 0 aliphatic heterocycles. The molecule has 0 aliphatic carbocycles. The molecule has 0 radical (unpaired) electrons. The monoisotopic (exact) mass is 349 g/mol. The zero-order chi connectivity index (χ0) is 17.0. The Labute approximate surface area is 130 Å². The molecule has 1 aromatic carbocycles. The summed E-state index contributed by atoms with van der Waals surface area (Å²) in [6, 6.07) is 5.47. The molecule has 7 nitrogen and oxygen atoms in total. The van der Waals surface area contributed by atoms with Gasteiger partial charge in [0.15, 0.2) is 0 Å². The molecule has 124 valence electrons. The predicted octanol–water partition coefficient (Wildman–Crippen LogP) is 0.173. The van der Waals surface area contributed by atoms with Gasteiger partial charge < -0.3 is 4.74 Å². The Kier molecular flexibility index (Phi) is 6.09. The first-order valence-corrected chi connectivity index (χ1v) is 10.1. The highest BCUT2D eigenvalue weighted by Crippen LogP contribution is 2.16. The zero-order valence-electron chi connectivity index (χ0n) is 12.6. The van der Waals surface area contributed by atoms with Gasteiger partial charge >= 0.3 is 5.97 Å². The van der Waals surface area contributed by atoms with Crippen molar-refractivity contribution in [2.75, 3.05) is 24.9 Å². The first-order valence-electron chi connectivity index (χ1n) is 6.36. The lowest BCUT2D eigenvalue weighted by atomic mass is 10.1. The van der Waals surface area contributed by atoms with Crippen molar-refractivity contribution in [1.29, 1.82) is 0 Å². The van der Waals surface area contributed by atoms with Crippen molar-refractivity contribution in [3.05, 3.63) is 35.4 Å². The molecule has 0 heterocycles. The van der Waals surface area contributed by atoms with Crippen molar-refractivity contribution in [1.82, 2.24) is 4.72 Å². The molecule has 1 rings (SSSR count). The molecule has 0 bridgehead atoms. The Morgan fingerprint density at radius 2 is 1.68 bits per heavy atom. The molecule has 1 aromatic rings. The Balaban J connectivity index is 2.99. The molecule has 0 saturated heterocycles. The zero-order valence-corrected chi connectivity index (χ0v) is 14.2. The van der Waals surface area contributed by atoms with E-state index < -0.39 is 43.4 Å². The maximum Gasteiger partial charge on any atom is 0.328 e. The second kappa shape index (κ2) is 7.21. The van der Waals surface area contributed by atoms with Gasteiger partial charge in [-0.3, -0.25) is 0 Å². The maximum absolute atomic E-state index is 12.0. The number of ether oxygens (including phenoxy) is 1. The number of nitrogens with one attached hydrogen (secondary N) is 1. The molecule has 22 heavy (non-hydrogen) atoms. The Morgan fingerprint density at radius 3 is 2.14 bits per heavy atom. The van der Waals surface area contributed by atoms with Crippen LogP contribution in [0.15, 0.2) is 24.3 Å². The number of carbonyl (C=O) groups excluding carboxylic acids is 1. The Bertz CT molecular complexity index is 722. The normalized spacial score (nSPS) is 13.6. The van der Waals surface area contributed by atoms with E-state index in [1.54, 1.807) is 24.3 Å². The van der Waals surface area contributed by atoms with E-state index in [9.17, 15) is 21.6 Å². The van der Waals surface area contributed by atoms with Crippen LogP contribution in [0.5, 0.6) is 0 Å². The molecular weight excluding hydrogens is 330 g/mol. The molecule has 0 aromatic heterocycles. The molecule has 1 atom stereocenters. The summed E-state index contributed by atoms with van der Waals surface area (Å²) in [6.07, 6.45) is 0.945. The molecule has 0 aliphatic rings. The van der Waals surface area contributed by atoms with Crippen molar-refractivity contribution in [3.63, 3.8) is 0 Å². The van der Waals surface area contributed by atoms with Crippen molar-refractivity contribution < 1.29 is 26.4 Å². The van der Waals surface area contributed by atoms with Crippen LogP contribution in [-0.4, -0.2) is 47.7 Å². The van der Waals surface area contributed by atoms with Crippen LogP contribution in [0.1, 0.15) is 17.2 Å². The maximum atomic E-state index is 12.0. The predicted molar refractivity (Wildman–Crippen MR) is 82.6 cm³/mol. The summed E-state index contributed by atoms with van der Waals surface area (Å²) in [4.78, 5) is 11.8. The fourth-order valence-corrected chi connectivity index (χ4v) is 4.43. The third-order valence-corrected chi connectivity index (χ3v) is 5.41. The summed E-state index contributed by atoms with van der Waals surface area (Å²) in [5.41, 5.74) is 1.37. The molecule has 0 amide bonds. The van der Waals surface area contributed by atoms with Gasteiger partial charge in [-0.2, -0.15) is 4.72 Å². The van der Waals surface area contributed by atoms with Crippen LogP contribution in [0, 0.1) is 6.92 Å². The average Bonchev–Trinajstić information content (AvgIpc) is 2.42. The fourth-order valence-electron chi connectivity index (χ4n) is 1.63. The van der Waals surface area contributed by atoms with Gasteiger partial charge in [0, 0.05) is 6.26 Å². The third-order valence-electron chi connectivity index (χ3n) is 2.87. The number of esters is 1. The molecule has 0 saturated carbocycles. The van der Waals surface area contributed by atoms with Gasteiger partial charge in [-0.05, 0) is 12.5 Å². The van der Waals surface area contributed by atoms with Crippen molar-refractivity contribution >= 4 is 25.8 Å². The number of aryl methyl sites for hydroxylation is 1. The van der Waals surface area contributed by atoms with Gasteiger partial charge in [-0.1, -0.05) is 29.8 Å². The second-order valence-electron chi connectivity index (χ2n) is 4.93. The number of sulfone groups is 1. The van der Waals surface area contributed by atoms with Crippen molar-refractivity contribution in [2.45, 2.75) is 13.0 Å². The van der Waals surface area contributed by atoms with E-state index in [0.717, 1.165) is 18.9 Å². The largest absolute Gasteiger partial charge is 0.468 e. The minimum Gasteiger partial charge on any atom is -0.468 e. The van der Waals surface area contributed by atoms with E-state index in [2.05, 4.69) is 9.46 Å². The summed E-state index contributed by atoms with van der Waals surface area (Å²) in [5, 5.41) is 0. The van der Waals surface area contributed by atoms with Gasteiger partial charge in [0.1, 0.15) is 15.9 Å². The van der Waals surface area contributed by atoms with Crippen LogP contribution in [0.25, 0.3) is 0 Å². The van der Waals surface area contributed by atoms with E-state index in [1.165, 1.54) is 0 Å². The standard InChI is InChI=1S/C13H19NO6S2/c1-10-4-6-11(7-5-10)12(13(15)20-2)14-22(18,19)9-8-21(3,16)17/h4-7,12,14H,8-9H2,1-3H3. The number of hydrogen-bond acceptors (Lipinski definition) is 6. The van der Waals surface area contributed by atoms with Crippen LogP contribution in [-0.2, 0) is 29.4 Å². The smallest absolute Gasteiger partial charge is 0.328 e. The number of hydrogen-bond donors (Lipinski definition) is 1. The van der Waals surface area contributed by atoms with Gasteiger partial charge in [0.25, 0.3) is 0 Å². The molecular formula is C13H19NO6S2. The van der Waals surface area contributed by atoms with E-state index >= 15 is 0 Å². The van der Waals surface area contributed by atoms with Crippen molar-refractivity contribution in [2.24, 2.45) is 0 Å². The van der Waals surface area contributed by atoms with Crippen LogP contribution in [0.2, 0.25) is 0 Å². The average molecular weight is 349 g/mol.